The normalized spacial score (nSPS) is 10.9. The molecule has 102 valence electrons. The molecule has 0 saturated carbocycles. The molecular formula is C16H15FN2O. The van der Waals surface area contributed by atoms with E-state index in [2.05, 4.69) is 16.9 Å². The fraction of sp³-hybridized carbons (Fsp3) is 0.188. The lowest BCUT2D eigenvalue weighted by Crippen LogP contribution is -1.94. The molecule has 0 saturated heterocycles. The lowest BCUT2D eigenvalue weighted by molar-refractivity contribution is 0.317. The van der Waals surface area contributed by atoms with Crippen LogP contribution in [-0.2, 0) is 0 Å². The second-order valence-corrected chi connectivity index (χ2v) is 4.62. The Labute approximate surface area is 116 Å². The Morgan fingerprint density at radius 2 is 2.10 bits per heavy atom. The highest BCUT2D eigenvalue weighted by Gasteiger charge is 2.07. The molecule has 3 rings (SSSR count). The molecule has 1 heterocycles. The van der Waals surface area contributed by atoms with Gasteiger partial charge in [0.15, 0.2) is 0 Å². The van der Waals surface area contributed by atoms with E-state index in [9.17, 15) is 4.39 Å². The van der Waals surface area contributed by atoms with Gasteiger partial charge >= 0.3 is 0 Å². The highest BCUT2D eigenvalue weighted by atomic mass is 19.1. The lowest BCUT2D eigenvalue weighted by Gasteiger charge is -2.05. The average Bonchev–Trinajstić information content (AvgIpc) is 2.88. The number of hydrogen-bond acceptors (Lipinski definition) is 2. The van der Waals surface area contributed by atoms with E-state index < -0.39 is 0 Å². The van der Waals surface area contributed by atoms with E-state index in [4.69, 9.17) is 4.74 Å². The monoisotopic (exact) mass is 270 g/mol. The highest BCUT2D eigenvalue weighted by Crippen LogP contribution is 2.24. The summed E-state index contributed by atoms with van der Waals surface area (Å²) in [4.78, 5) is 7.60. The maximum Gasteiger partial charge on any atom is 0.138 e. The predicted octanol–water partition coefficient (Wildman–Crippen LogP) is 4.16. The van der Waals surface area contributed by atoms with Gasteiger partial charge in [-0.05, 0) is 36.8 Å². The van der Waals surface area contributed by atoms with Gasteiger partial charge in [0.2, 0.25) is 0 Å². The summed E-state index contributed by atoms with van der Waals surface area (Å²) in [7, 11) is 0. The van der Waals surface area contributed by atoms with Crippen LogP contribution in [0.5, 0.6) is 5.75 Å². The maximum absolute atomic E-state index is 13.2. The van der Waals surface area contributed by atoms with Crippen molar-refractivity contribution in [2.24, 2.45) is 0 Å². The van der Waals surface area contributed by atoms with Crippen molar-refractivity contribution < 1.29 is 9.13 Å². The average molecular weight is 270 g/mol. The number of aromatic nitrogens is 2. The molecule has 0 fully saturated rings. The molecule has 0 bridgehead atoms. The van der Waals surface area contributed by atoms with Crippen LogP contribution in [-0.4, -0.2) is 16.6 Å². The summed E-state index contributed by atoms with van der Waals surface area (Å²) in [6.45, 7) is 2.76. The second-order valence-electron chi connectivity index (χ2n) is 4.62. The summed E-state index contributed by atoms with van der Waals surface area (Å²) >= 11 is 0. The number of fused-ring (bicyclic) bond motifs is 1. The van der Waals surface area contributed by atoms with E-state index in [0.717, 1.165) is 23.3 Å². The molecule has 0 radical (unpaired) electrons. The molecule has 1 aromatic heterocycles. The molecule has 0 amide bonds. The molecule has 0 aliphatic heterocycles. The van der Waals surface area contributed by atoms with Gasteiger partial charge < -0.3 is 9.72 Å². The summed E-state index contributed by atoms with van der Waals surface area (Å²) in [6, 6.07) is 12.3. The molecule has 0 unspecified atom stereocenters. The summed E-state index contributed by atoms with van der Waals surface area (Å²) in [6.07, 6.45) is 0.966. The third-order valence-electron chi connectivity index (χ3n) is 3.02. The molecule has 3 nitrogen and oxygen atoms in total. The number of hydrogen-bond donors (Lipinski definition) is 1. The maximum atomic E-state index is 13.2. The van der Waals surface area contributed by atoms with E-state index in [1.165, 1.54) is 12.1 Å². The first kappa shape index (κ1) is 12.7. The van der Waals surface area contributed by atoms with Crippen LogP contribution in [0.1, 0.15) is 13.3 Å². The van der Waals surface area contributed by atoms with Gasteiger partial charge in [-0.3, -0.25) is 0 Å². The van der Waals surface area contributed by atoms with Gasteiger partial charge in [-0.15, -0.1) is 0 Å². The Morgan fingerprint density at radius 3 is 2.95 bits per heavy atom. The van der Waals surface area contributed by atoms with Gasteiger partial charge in [0.25, 0.3) is 0 Å². The first-order valence-electron chi connectivity index (χ1n) is 6.65. The Bertz CT molecular complexity index is 736. The van der Waals surface area contributed by atoms with Crippen molar-refractivity contribution in [3.05, 3.63) is 48.3 Å². The minimum absolute atomic E-state index is 0.271. The smallest absolute Gasteiger partial charge is 0.138 e. The van der Waals surface area contributed by atoms with Crippen LogP contribution in [0.15, 0.2) is 42.5 Å². The first-order chi connectivity index (χ1) is 9.76. The molecule has 0 aliphatic carbocycles. The molecule has 20 heavy (non-hydrogen) atoms. The number of benzene rings is 2. The fourth-order valence-corrected chi connectivity index (χ4v) is 2.07. The summed E-state index contributed by atoms with van der Waals surface area (Å²) in [5, 5.41) is 0. The van der Waals surface area contributed by atoms with Crippen LogP contribution in [0.4, 0.5) is 4.39 Å². The number of H-pyrrole nitrogens is 1. The van der Waals surface area contributed by atoms with Crippen molar-refractivity contribution in [2.75, 3.05) is 6.61 Å². The summed E-state index contributed by atoms with van der Waals surface area (Å²) in [5.74, 6) is 1.26. The Kier molecular flexibility index (Phi) is 3.37. The molecular weight excluding hydrogens is 255 g/mol. The Morgan fingerprint density at radius 1 is 1.20 bits per heavy atom. The van der Waals surface area contributed by atoms with Crippen LogP contribution >= 0.6 is 0 Å². The number of ether oxygens (including phenoxy) is 1. The summed E-state index contributed by atoms with van der Waals surface area (Å²) in [5.41, 5.74) is 2.37. The fourth-order valence-electron chi connectivity index (χ4n) is 2.07. The number of rotatable bonds is 4. The molecule has 0 atom stereocenters. The van der Waals surface area contributed by atoms with Crippen LogP contribution in [0.2, 0.25) is 0 Å². The van der Waals surface area contributed by atoms with Crippen LogP contribution < -0.4 is 4.74 Å². The molecule has 0 aliphatic rings. The van der Waals surface area contributed by atoms with E-state index in [-0.39, 0.29) is 5.82 Å². The highest BCUT2D eigenvalue weighted by molar-refractivity contribution is 5.79. The quantitative estimate of drug-likeness (QED) is 0.773. The summed E-state index contributed by atoms with van der Waals surface area (Å²) < 4.78 is 18.8. The first-order valence-corrected chi connectivity index (χ1v) is 6.65. The second kappa shape index (κ2) is 5.33. The van der Waals surface area contributed by atoms with Crippen molar-refractivity contribution in [3.63, 3.8) is 0 Å². The SMILES string of the molecule is CCCOc1cccc(-c2nc3ccc(F)cc3[nH]2)c1. The minimum atomic E-state index is -0.271. The Hall–Kier alpha value is -2.36. The number of nitrogens with zero attached hydrogens (tertiary/aromatic N) is 1. The van der Waals surface area contributed by atoms with Gasteiger partial charge in [0.05, 0.1) is 17.6 Å². The molecule has 3 aromatic rings. The van der Waals surface area contributed by atoms with E-state index in [1.54, 1.807) is 6.07 Å². The van der Waals surface area contributed by atoms with Crippen molar-refractivity contribution in [1.29, 1.82) is 0 Å². The van der Waals surface area contributed by atoms with Crippen molar-refractivity contribution in [1.82, 2.24) is 9.97 Å². The van der Waals surface area contributed by atoms with E-state index >= 15 is 0 Å². The van der Waals surface area contributed by atoms with Crippen molar-refractivity contribution in [2.45, 2.75) is 13.3 Å². The van der Waals surface area contributed by atoms with Gasteiger partial charge in [-0.2, -0.15) is 0 Å². The number of aromatic amines is 1. The van der Waals surface area contributed by atoms with E-state index in [1.807, 2.05) is 24.3 Å². The van der Waals surface area contributed by atoms with E-state index in [0.29, 0.717) is 17.9 Å². The van der Waals surface area contributed by atoms with Crippen molar-refractivity contribution >= 4 is 11.0 Å². The van der Waals surface area contributed by atoms with Gasteiger partial charge in [0, 0.05) is 5.56 Å². The molecule has 2 aromatic carbocycles. The lowest BCUT2D eigenvalue weighted by atomic mass is 10.2. The zero-order valence-corrected chi connectivity index (χ0v) is 11.2. The Balaban J connectivity index is 1.97. The number of nitrogens with one attached hydrogen (secondary N) is 1. The predicted molar refractivity (Wildman–Crippen MR) is 77.3 cm³/mol. The molecule has 0 spiro atoms. The third kappa shape index (κ3) is 2.50. The molecule has 4 heteroatoms. The standard InChI is InChI=1S/C16H15FN2O/c1-2-8-20-13-5-3-4-11(9-13)16-18-14-7-6-12(17)10-15(14)19-16/h3-7,9-10H,2,8H2,1H3,(H,18,19). The van der Waals surface area contributed by atoms with Crippen LogP contribution in [0.3, 0.4) is 0 Å². The van der Waals surface area contributed by atoms with Gasteiger partial charge in [-0.1, -0.05) is 19.1 Å². The zero-order valence-electron chi connectivity index (χ0n) is 11.2. The number of imidazole rings is 1. The molecule has 1 N–H and O–H groups in total. The van der Waals surface area contributed by atoms with Crippen LogP contribution in [0, 0.1) is 5.82 Å². The zero-order chi connectivity index (χ0) is 13.9. The van der Waals surface area contributed by atoms with Gasteiger partial charge in [0.1, 0.15) is 17.4 Å². The van der Waals surface area contributed by atoms with Crippen molar-refractivity contribution in [3.8, 4) is 17.1 Å². The third-order valence-corrected chi connectivity index (χ3v) is 3.02. The van der Waals surface area contributed by atoms with Crippen LogP contribution in [0.25, 0.3) is 22.4 Å². The topological polar surface area (TPSA) is 37.9 Å². The van der Waals surface area contributed by atoms with Gasteiger partial charge in [-0.25, -0.2) is 9.37 Å². The largest absolute Gasteiger partial charge is 0.494 e. The minimum Gasteiger partial charge on any atom is -0.494 e. The number of halogens is 1.